The van der Waals surface area contributed by atoms with E-state index in [1.165, 1.54) is 0 Å². The Kier molecular flexibility index (Phi) is 4.37. The van der Waals surface area contributed by atoms with Crippen molar-refractivity contribution in [2.75, 3.05) is 0 Å². The highest BCUT2D eigenvalue weighted by molar-refractivity contribution is 7.99. The number of amidine groups is 1. The molecule has 2 aromatic rings. The third-order valence-electron chi connectivity index (χ3n) is 2.51. The molecule has 2 aromatic carbocycles. The average molecular weight is 316 g/mol. The zero-order chi connectivity index (χ0) is 15.6. The van der Waals surface area contributed by atoms with Crippen molar-refractivity contribution in [1.82, 2.24) is 0 Å². The number of oxime groups is 1. The van der Waals surface area contributed by atoms with E-state index in [2.05, 4.69) is 5.16 Å². The number of nitrogens with two attached hydrogens (primary N) is 1. The Balaban J connectivity index is 2.41. The largest absolute Gasteiger partial charge is 0.409 e. The second-order valence-electron chi connectivity index (χ2n) is 3.93. The number of halogens is 4. The van der Waals surface area contributed by atoms with E-state index in [4.69, 9.17) is 10.9 Å². The molecule has 0 radical (unpaired) electrons. The monoisotopic (exact) mass is 316 g/mol. The van der Waals surface area contributed by atoms with E-state index in [0.717, 1.165) is 24.3 Å². The van der Waals surface area contributed by atoms with Gasteiger partial charge in [0.25, 0.3) is 0 Å². The molecule has 2 rings (SSSR count). The van der Waals surface area contributed by atoms with Crippen LogP contribution in [0.2, 0.25) is 0 Å². The fourth-order valence-electron chi connectivity index (χ4n) is 1.53. The lowest BCUT2D eigenvalue weighted by molar-refractivity contribution is 0.318. The van der Waals surface area contributed by atoms with Gasteiger partial charge < -0.3 is 10.9 Å². The van der Waals surface area contributed by atoms with Crippen molar-refractivity contribution in [3.63, 3.8) is 0 Å². The van der Waals surface area contributed by atoms with Crippen molar-refractivity contribution in [1.29, 1.82) is 0 Å². The van der Waals surface area contributed by atoms with Gasteiger partial charge in [0.05, 0.1) is 4.90 Å². The minimum atomic E-state index is -1.01. The van der Waals surface area contributed by atoms with Crippen LogP contribution in [-0.2, 0) is 0 Å². The second-order valence-corrected chi connectivity index (χ2v) is 4.98. The van der Waals surface area contributed by atoms with Crippen LogP contribution in [0.5, 0.6) is 0 Å². The van der Waals surface area contributed by atoms with Gasteiger partial charge in [0.1, 0.15) is 23.3 Å². The first-order valence-corrected chi connectivity index (χ1v) is 6.34. The van der Waals surface area contributed by atoms with Crippen molar-refractivity contribution in [3.8, 4) is 0 Å². The van der Waals surface area contributed by atoms with E-state index >= 15 is 0 Å². The van der Waals surface area contributed by atoms with Gasteiger partial charge in [-0.1, -0.05) is 16.9 Å². The number of hydrogen-bond donors (Lipinski definition) is 2. The normalized spacial score (nSPS) is 11.7. The molecular formula is C13H8F4N2OS. The molecule has 0 aliphatic rings. The third-order valence-corrected chi connectivity index (χ3v) is 3.65. The van der Waals surface area contributed by atoms with Gasteiger partial charge in [-0.05, 0) is 24.3 Å². The lowest BCUT2D eigenvalue weighted by Gasteiger charge is -2.08. The van der Waals surface area contributed by atoms with Gasteiger partial charge in [-0.3, -0.25) is 0 Å². The van der Waals surface area contributed by atoms with E-state index in [9.17, 15) is 17.6 Å². The first kappa shape index (κ1) is 15.2. The molecule has 0 saturated carbocycles. The van der Waals surface area contributed by atoms with Gasteiger partial charge in [-0.25, -0.2) is 17.6 Å². The Morgan fingerprint density at radius 2 is 1.62 bits per heavy atom. The molecule has 0 heterocycles. The van der Waals surface area contributed by atoms with Crippen LogP contribution in [-0.4, -0.2) is 11.0 Å². The molecule has 0 unspecified atom stereocenters. The summed E-state index contributed by atoms with van der Waals surface area (Å²) < 4.78 is 54.0. The minimum absolute atomic E-state index is 0.134. The van der Waals surface area contributed by atoms with Gasteiger partial charge in [0.2, 0.25) is 0 Å². The van der Waals surface area contributed by atoms with Crippen LogP contribution < -0.4 is 5.73 Å². The van der Waals surface area contributed by atoms with Crippen molar-refractivity contribution in [2.45, 2.75) is 9.79 Å². The molecule has 0 amide bonds. The molecule has 0 fully saturated rings. The second kappa shape index (κ2) is 6.04. The number of hydrogen-bond acceptors (Lipinski definition) is 3. The van der Waals surface area contributed by atoms with Crippen LogP contribution >= 0.6 is 11.8 Å². The summed E-state index contributed by atoms with van der Waals surface area (Å²) in [6, 6.07) is 4.37. The molecule has 8 heteroatoms. The molecule has 110 valence electrons. The molecule has 21 heavy (non-hydrogen) atoms. The van der Waals surface area contributed by atoms with E-state index in [0.29, 0.717) is 17.8 Å². The van der Waals surface area contributed by atoms with Crippen LogP contribution in [0.1, 0.15) is 5.56 Å². The lowest BCUT2D eigenvalue weighted by atomic mass is 10.2. The van der Waals surface area contributed by atoms with Gasteiger partial charge in [-0.2, -0.15) is 0 Å². The maximum Gasteiger partial charge on any atom is 0.170 e. The summed E-state index contributed by atoms with van der Waals surface area (Å²) in [4.78, 5) is -0.610. The topological polar surface area (TPSA) is 58.6 Å². The van der Waals surface area contributed by atoms with Crippen molar-refractivity contribution >= 4 is 17.6 Å². The number of nitrogens with zero attached hydrogens (tertiary/aromatic N) is 1. The van der Waals surface area contributed by atoms with Crippen LogP contribution in [0.4, 0.5) is 17.6 Å². The molecule has 0 aliphatic heterocycles. The predicted octanol–water partition coefficient (Wildman–Crippen LogP) is 3.49. The summed E-state index contributed by atoms with van der Waals surface area (Å²) in [5.41, 5.74) is 5.08. The molecule has 3 nitrogen and oxygen atoms in total. The van der Waals surface area contributed by atoms with Crippen LogP contribution in [0.25, 0.3) is 0 Å². The Morgan fingerprint density at radius 1 is 1.00 bits per heavy atom. The van der Waals surface area contributed by atoms with Crippen molar-refractivity contribution in [2.24, 2.45) is 10.9 Å². The maximum atomic E-state index is 13.9. The minimum Gasteiger partial charge on any atom is -0.409 e. The van der Waals surface area contributed by atoms with Crippen LogP contribution in [0.3, 0.4) is 0 Å². The van der Waals surface area contributed by atoms with Gasteiger partial charge in [0, 0.05) is 16.5 Å². The molecule has 3 N–H and O–H groups in total. The van der Waals surface area contributed by atoms with E-state index in [-0.39, 0.29) is 10.5 Å². The Labute approximate surface area is 121 Å². The summed E-state index contributed by atoms with van der Waals surface area (Å²) in [6.45, 7) is 0. The summed E-state index contributed by atoms with van der Waals surface area (Å²) >= 11 is 0.469. The Morgan fingerprint density at radius 3 is 2.14 bits per heavy atom. The van der Waals surface area contributed by atoms with Gasteiger partial charge >= 0.3 is 0 Å². The highest BCUT2D eigenvalue weighted by Crippen LogP contribution is 2.34. The molecular weight excluding hydrogens is 308 g/mol. The highest BCUT2D eigenvalue weighted by Gasteiger charge is 2.16. The zero-order valence-corrected chi connectivity index (χ0v) is 11.1. The molecule has 0 atom stereocenters. The van der Waals surface area contributed by atoms with Gasteiger partial charge in [0.15, 0.2) is 5.84 Å². The fourth-order valence-corrected chi connectivity index (χ4v) is 2.36. The van der Waals surface area contributed by atoms with Crippen molar-refractivity contribution < 1.29 is 22.8 Å². The zero-order valence-electron chi connectivity index (χ0n) is 10.3. The Bertz CT molecular complexity index is 698. The predicted molar refractivity (Wildman–Crippen MR) is 69.3 cm³/mol. The summed E-state index contributed by atoms with van der Waals surface area (Å²) in [7, 11) is 0. The average Bonchev–Trinajstić information content (AvgIpc) is 2.43. The Hall–Kier alpha value is -2.22. The highest BCUT2D eigenvalue weighted by atomic mass is 32.2. The fraction of sp³-hybridized carbons (Fsp3) is 0. The molecule has 0 aromatic heterocycles. The first-order valence-electron chi connectivity index (χ1n) is 5.52. The van der Waals surface area contributed by atoms with Crippen molar-refractivity contribution in [3.05, 3.63) is 59.2 Å². The van der Waals surface area contributed by atoms with E-state index in [1.54, 1.807) is 0 Å². The maximum absolute atomic E-state index is 13.9. The number of rotatable bonds is 3. The summed E-state index contributed by atoms with van der Waals surface area (Å²) in [6.07, 6.45) is 0. The van der Waals surface area contributed by atoms with Crippen LogP contribution in [0.15, 0.2) is 45.3 Å². The van der Waals surface area contributed by atoms with Gasteiger partial charge in [-0.15, -0.1) is 0 Å². The lowest BCUT2D eigenvalue weighted by Crippen LogP contribution is -2.14. The molecule has 0 saturated heterocycles. The first-order chi connectivity index (χ1) is 9.92. The van der Waals surface area contributed by atoms with E-state index < -0.39 is 34.0 Å². The molecule has 0 aliphatic carbocycles. The molecule has 0 spiro atoms. The SMILES string of the molecule is N/C(=N/O)c1cc(F)c(Sc2ccc(F)cc2F)c(F)c1. The van der Waals surface area contributed by atoms with Crippen LogP contribution in [0, 0.1) is 23.3 Å². The third kappa shape index (κ3) is 3.27. The number of benzene rings is 2. The standard InChI is InChI=1S/C13H8F4N2OS/c14-7-1-2-11(8(15)5-7)21-12-9(16)3-6(4-10(12)17)13(18)19-20/h1-5,20H,(H2,18,19). The molecule has 0 bridgehead atoms. The summed E-state index contributed by atoms with van der Waals surface area (Å²) in [5, 5.41) is 11.1. The smallest absolute Gasteiger partial charge is 0.170 e. The summed E-state index contributed by atoms with van der Waals surface area (Å²) in [5.74, 6) is -4.20. The van der Waals surface area contributed by atoms with E-state index in [1.807, 2.05) is 0 Å². The quantitative estimate of drug-likeness (QED) is 0.300.